The molecule has 102 valence electrons. The predicted molar refractivity (Wildman–Crippen MR) is 83.1 cm³/mol. The van der Waals surface area contributed by atoms with Crippen molar-refractivity contribution in [3.63, 3.8) is 0 Å². The van der Waals surface area contributed by atoms with Gasteiger partial charge in [-0.3, -0.25) is 0 Å². The van der Waals surface area contributed by atoms with E-state index in [1.165, 1.54) is 0 Å². The minimum absolute atomic E-state index is 0.509. The first kappa shape index (κ1) is 13.2. The molecule has 0 fully saturated rings. The van der Waals surface area contributed by atoms with Crippen LogP contribution >= 0.6 is 11.6 Å². The minimum atomic E-state index is 0.509. The van der Waals surface area contributed by atoms with Crippen LogP contribution < -0.4 is 5.73 Å². The number of anilines is 1. The molecule has 0 unspecified atom stereocenters. The van der Waals surface area contributed by atoms with Gasteiger partial charge in [0.2, 0.25) is 0 Å². The third-order valence-corrected chi connectivity index (χ3v) is 3.46. The highest BCUT2D eigenvalue weighted by Gasteiger charge is 2.11. The molecule has 0 saturated heterocycles. The maximum Gasteiger partial charge on any atom is 0.127 e. The van der Waals surface area contributed by atoms with Crippen LogP contribution in [-0.4, -0.2) is 9.78 Å². The van der Waals surface area contributed by atoms with Gasteiger partial charge in [0.25, 0.3) is 0 Å². The Morgan fingerprint density at radius 3 is 2.48 bits per heavy atom. The van der Waals surface area contributed by atoms with Crippen LogP contribution in [0.3, 0.4) is 0 Å². The van der Waals surface area contributed by atoms with Crippen LogP contribution in [0.1, 0.15) is 5.56 Å². The van der Waals surface area contributed by atoms with Crippen molar-refractivity contribution < 1.29 is 0 Å². The molecule has 0 bridgehead atoms. The van der Waals surface area contributed by atoms with Crippen LogP contribution in [0.25, 0.3) is 16.9 Å². The summed E-state index contributed by atoms with van der Waals surface area (Å²) in [6.07, 6.45) is 0. The second kappa shape index (κ2) is 5.31. The van der Waals surface area contributed by atoms with E-state index in [0.29, 0.717) is 22.1 Å². The Kier molecular flexibility index (Phi) is 3.35. The Hall–Kier alpha value is -2.77. The Morgan fingerprint density at radius 1 is 1.10 bits per heavy atom. The largest absolute Gasteiger partial charge is 0.384 e. The summed E-state index contributed by atoms with van der Waals surface area (Å²) in [6.45, 7) is 0. The molecule has 3 rings (SSSR count). The number of hydrogen-bond acceptors (Lipinski definition) is 3. The third kappa shape index (κ3) is 2.47. The van der Waals surface area contributed by atoms with E-state index < -0.39 is 0 Å². The smallest absolute Gasteiger partial charge is 0.127 e. The van der Waals surface area contributed by atoms with Gasteiger partial charge in [-0.05, 0) is 30.3 Å². The number of nitrogen functional groups attached to an aromatic ring is 1. The van der Waals surface area contributed by atoms with Gasteiger partial charge in [0.05, 0.1) is 28.0 Å². The third-order valence-electron chi connectivity index (χ3n) is 3.13. The molecule has 3 aromatic rings. The summed E-state index contributed by atoms with van der Waals surface area (Å²) in [5, 5.41) is 13.9. The van der Waals surface area contributed by atoms with Gasteiger partial charge >= 0.3 is 0 Å². The number of nitrogens with zero attached hydrogens (tertiary/aromatic N) is 3. The lowest BCUT2D eigenvalue weighted by atomic mass is 10.1. The molecule has 4 nitrogen and oxygen atoms in total. The van der Waals surface area contributed by atoms with Crippen LogP contribution in [0.15, 0.2) is 54.6 Å². The standard InChI is InChI=1S/C16H11ClN4/c17-14-4-2-1-3-13(14)15-9-16(19)21(20-15)12-7-5-11(10-18)6-8-12/h1-9H,19H2. The average molecular weight is 295 g/mol. The topological polar surface area (TPSA) is 67.6 Å². The van der Waals surface area contributed by atoms with Crippen molar-refractivity contribution in [3.05, 3.63) is 65.2 Å². The fourth-order valence-corrected chi connectivity index (χ4v) is 2.31. The molecule has 0 aliphatic heterocycles. The number of aromatic nitrogens is 2. The fraction of sp³-hybridized carbons (Fsp3) is 0. The molecule has 5 heteroatoms. The van der Waals surface area contributed by atoms with E-state index in [1.54, 1.807) is 35.0 Å². The number of halogens is 1. The minimum Gasteiger partial charge on any atom is -0.384 e. The van der Waals surface area contributed by atoms with Gasteiger partial charge in [-0.2, -0.15) is 10.4 Å². The Balaban J connectivity index is 2.06. The molecular weight excluding hydrogens is 284 g/mol. The van der Waals surface area contributed by atoms with Gasteiger partial charge < -0.3 is 5.73 Å². The average Bonchev–Trinajstić information content (AvgIpc) is 2.89. The van der Waals surface area contributed by atoms with Gasteiger partial charge in [0.1, 0.15) is 5.82 Å². The fourth-order valence-electron chi connectivity index (χ4n) is 2.08. The quantitative estimate of drug-likeness (QED) is 0.784. The molecule has 1 aromatic heterocycles. The molecule has 2 N–H and O–H groups in total. The van der Waals surface area contributed by atoms with E-state index in [4.69, 9.17) is 22.6 Å². The summed E-state index contributed by atoms with van der Waals surface area (Å²) in [5.74, 6) is 0.509. The lowest BCUT2D eigenvalue weighted by Crippen LogP contribution is -2.01. The number of nitrogens with two attached hydrogens (primary N) is 1. The second-order valence-electron chi connectivity index (χ2n) is 4.50. The maximum atomic E-state index is 8.83. The van der Waals surface area contributed by atoms with Crippen molar-refractivity contribution in [1.82, 2.24) is 9.78 Å². The zero-order valence-electron chi connectivity index (χ0n) is 11.0. The first-order valence-corrected chi connectivity index (χ1v) is 6.68. The van der Waals surface area contributed by atoms with Crippen LogP contribution in [0, 0.1) is 11.3 Å². The number of nitriles is 1. The number of hydrogen-bond donors (Lipinski definition) is 1. The molecule has 2 aromatic carbocycles. The van der Waals surface area contributed by atoms with Crippen molar-refractivity contribution in [1.29, 1.82) is 5.26 Å². The Labute approximate surface area is 127 Å². The normalized spacial score (nSPS) is 10.3. The van der Waals surface area contributed by atoms with Crippen LogP contribution in [0.4, 0.5) is 5.82 Å². The SMILES string of the molecule is N#Cc1ccc(-n2nc(-c3ccccc3Cl)cc2N)cc1. The molecule has 1 heterocycles. The maximum absolute atomic E-state index is 8.83. The highest BCUT2D eigenvalue weighted by atomic mass is 35.5. The second-order valence-corrected chi connectivity index (χ2v) is 4.91. The van der Waals surface area contributed by atoms with Crippen molar-refractivity contribution in [2.24, 2.45) is 0 Å². The molecule has 0 saturated carbocycles. The highest BCUT2D eigenvalue weighted by Crippen LogP contribution is 2.28. The number of benzene rings is 2. The monoisotopic (exact) mass is 294 g/mol. The van der Waals surface area contributed by atoms with Crippen molar-refractivity contribution in [3.8, 4) is 23.0 Å². The van der Waals surface area contributed by atoms with Crippen molar-refractivity contribution >= 4 is 17.4 Å². The summed E-state index contributed by atoms with van der Waals surface area (Å²) in [7, 11) is 0. The lowest BCUT2D eigenvalue weighted by molar-refractivity contribution is 0.895. The number of rotatable bonds is 2. The van der Waals surface area contributed by atoms with E-state index in [1.807, 2.05) is 24.3 Å². The molecule has 0 aliphatic rings. The lowest BCUT2D eigenvalue weighted by Gasteiger charge is -2.03. The summed E-state index contributed by atoms with van der Waals surface area (Å²) >= 11 is 6.18. The molecule has 0 aliphatic carbocycles. The van der Waals surface area contributed by atoms with Crippen molar-refractivity contribution in [2.45, 2.75) is 0 Å². The molecule has 0 atom stereocenters. The first-order chi connectivity index (χ1) is 10.2. The summed E-state index contributed by atoms with van der Waals surface area (Å²) in [5.41, 5.74) is 8.96. The van der Waals surface area contributed by atoms with Crippen molar-refractivity contribution in [2.75, 3.05) is 5.73 Å². The van der Waals surface area contributed by atoms with E-state index >= 15 is 0 Å². The summed E-state index contributed by atoms with van der Waals surface area (Å²) in [4.78, 5) is 0. The van der Waals surface area contributed by atoms with Gasteiger partial charge in [-0.1, -0.05) is 29.8 Å². The molecule has 21 heavy (non-hydrogen) atoms. The predicted octanol–water partition coefficient (Wildman–Crippen LogP) is 3.65. The zero-order valence-corrected chi connectivity index (χ0v) is 11.7. The van der Waals surface area contributed by atoms with Crippen LogP contribution in [0.5, 0.6) is 0 Å². The van der Waals surface area contributed by atoms with Gasteiger partial charge in [0.15, 0.2) is 0 Å². The van der Waals surface area contributed by atoms with Crippen LogP contribution in [0.2, 0.25) is 5.02 Å². The van der Waals surface area contributed by atoms with Gasteiger partial charge in [-0.15, -0.1) is 0 Å². The van der Waals surface area contributed by atoms with Gasteiger partial charge in [0, 0.05) is 11.6 Å². The van der Waals surface area contributed by atoms with E-state index in [-0.39, 0.29) is 0 Å². The van der Waals surface area contributed by atoms with E-state index in [0.717, 1.165) is 11.3 Å². The van der Waals surface area contributed by atoms with E-state index in [9.17, 15) is 0 Å². The molecule has 0 amide bonds. The molecular formula is C16H11ClN4. The molecule has 0 radical (unpaired) electrons. The highest BCUT2D eigenvalue weighted by molar-refractivity contribution is 6.33. The Morgan fingerprint density at radius 2 is 1.81 bits per heavy atom. The van der Waals surface area contributed by atoms with E-state index in [2.05, 4.69) is 11.2 Å². The Bertz CT molecular complexity index is 828. The zero-order chi connectivity index (χ0) is 14.8. The van der Waals surface area contributed by atoms with Crippen LogP contribution in [-0.2, 0) is 0 Å². The summed E-state index contributed by atoms with van der Waals surface area (Å²) < 4.78 is 1.62. The first-order valence-electron chi connectivity index (χ1n) is 6.30. The summed E-state index contributed by atoms with van der Waals surface area (Å²) in [6, 6.07) is 18.4. The van der Waals surface area contributed by atoms with Gasteiger partial charge in [-0.25, -0.2) is 4.68 Å². The molecule has 0 spiro atoms.